The normalized spacial score (nSPS) is 9.88. The topological polar surface area (TPSA) is 101 Å². The Morgan fingerprint density at radius 3 is 2.75 bits per heavy atom. The van der Waals surface area contributed by atoms with Crippen LogP contribution in [0.25, 0.3) is 0 Å². The molecule has 1 heterocycles. The number of halogens is 2. The van der Waals surface area contributed by atoms with Crippen LogP contribution in [-0.4, -0.2) is 16.1 Å². The lowest BCUT2D eigenvalue weighted by Crippen LogP contribution is -2.23. The Bertz CT molecular complexity index is 430. The standard InChI is InChI=1S/C8H9Cl2N5S/c9-5-1-6(10)14-2-4(5)3-16-8(13)15-7(11)12/h1-2H,3H2,(H5,11,12,13,15). The number of aliphatic imine (C=N–C) groups is 1. The van der Waals surface area contributed by atoms with Gasteiger partial charge in [-0.3, -0.25) is 5.41 Å². The molecule has 86 valence electrons. The van der Waals surface area contributed by atoms with Gasteiger partial charge in [-0.15, -0.1) is 0 Å². The number of amidine groups is 1. The fourth-order valence-corrected chi connectivity index (χ4v) is 2.04. The maximum atomic E-state index is 7.41. The van der Waals surface area contributed by atoms with E-state index in [0.29, 0.717) is 15.9 Å². The number of nitrogens with one attached hydrogen (secondary N) is 1. The Hall–Kier alpha value is -0.980. The third-order valence-corrected chi connectivity index (χ3v) is 2.87. The molecule has 0 unspecified atom stereocenters. The van der Waals surface area contributed by atoms with Gasteiger partial charge < -0.3 is 11.5 Å². The summed E-state index contributed by atoms with van der Waals surface area (Å²) in [6, 6.07) is 1.54. The van der Waals surface area contributed by atoms with E-state index in [2.05, 4.69) is 9.98 Å². The molecule has 0 saturated carbocycles. The van der Waals surface area contributed by atoms with Crippen LogP contribution in [0.3, 0.4) is 0 Å². The molecule has 0 atom stereocenters. The van der Waals surface area contributed by atoms with Crippen molar-refractivity contribution in [1.82, 2.24) is 4.98 Å². The molecule has 0 bridgehead atoms. The third-order valence-electron chi connectivity index (χ3n) is 1.49. The molecule has 0 aliphatic rings. The van der Waals surface area contributed by atoms with E-state index in [9.17, 15) is 0 Å². The van der Waals surface area contributed by atoms with Gasteiger partial charge in [0.25, 0.3) is 0 Å². The molecule has 0 saturated heterocycles. The van der Waals surface area contributed by atoms with Crippen LogP contribution in [0.5, 0.6) is 0 Å². The smallest absolute Gasteiger partial charge is 0.193 e. The molecule has 0 spiro atoms. The number of aromatic nitrogens is 1. The lowest BCUT2D eigenvalue weighted by molar-refractivity contribution is 1.25. The minimum absolute atomic E-state index is 0.0195. The molecular formula is C8H9Cl2N5S. The molecule has 1 aromatic rings. The molecule has 0 aliphatic carbocycles. The highest BCUT2D eigenvalue weighted by atomic mass is 35.5. The number of pyridine rings is 1. The quantitative estimate of drug-likeness (QED) is 0.436. The Kier molecular flexibility index (Phi) is 4.85. The number of nitrogens with two attached hydrogens (primary N) is 2. The second kappa shape index (κ2) is 5.93. The number of guanidine groups is 1. The van der Waals surface area contributed by atoms with Gasteiger partial charge >= 0.3 is 0 Å². The van der Waals surface area contributed by atoms with Crippen LogP contribution in [-0.2, 0) is 5.75 Å². The average Bonchev–Trinajstić information content (AvgIpc) is 2.15. The summed E-state index contributed by atoms with van der Waals surface area (Å²) in [7, 11) is 0. The number of hydrogen-bond acceptors (Lipinski definition) is 3. The molecule has 16 heavy (non-hydrogen) atoms. The van der Waals surface area contributed by atoms with E-state index < -0.39 is 0 Å². The van der Waals surface area contributed by atoms with Gasteiger partial charge in [-0.2, -0.15) is 4.99 Å². The van der Waals surface area contributed by atoms with Crippen molar-refractivity contribution in [3.8, 4) is 0 Å². The van der Waals surface area contributed by atoms with Gasteiger partial charge in [-0.25, -0.2) is 4.98 Å². The first kappa shape index (κ1) is 13.1. The molecule has 0 fully saturated rings. The summed E-state index contributed by atoms with van der Waals surface area (Å²) >= 11 is 12.7. The largest absolute Gasteiger partial charge is 0.370 e. The molecule has 0 radical (unpaired) electrons. The molecule has 1 aromatic heterocycles. The van der Waals surface area contributed by atoms with E-state index in [0.717, 1.165) is 17.3 Å². The average molecular weight is 278 g/mol. The number of hydrogen-bond donors (Lipinski definition) is 3. The fourth-order valence-electron chi connectivity index (χ4n) is 0.838. The van der Waals surface area contributed by atoms with Crippen molar-refractivity contribution in [2.75, 3.05) is 0 Å². The van der Waals surface area contributed by atoms with Gasteiger partial charge in [0.2, 0.25) is 0 Å². The van der Waals surface area contributed by atoms with Crippen molar-refractivity contribution in [3.05, 3.63) is 28.0 Å². The lowest BCUT2D eigenvalue weighted by atomic mass is 10.3. The molecule has 0 amide bonds. The van der Waals surface area contributed by atoms with E-state index in [1.54, 1.807) is 12.3 Å². The third kappa shape index (κ3) is 4.26. The van der Waals surface area contributed by atoms with Crippen molar-refractivity contribution >= 4 is 46.1 Å². The highest BCUT2D eigenvalue weighted by molar-refractivity contribution is 8.13. The molecule has 0 aromatic carbocycles. The van der Waals surface area contributed by atoms with E-state index in [4.69, 9.17) is 40.1 Å². The summed E-state index contributed by atoms with van der Waals surface area (Å²) in [5, 5.41) is 8.26. The Morgan fingerprint density at radius 2 is 2.19 bits per heavy atom. The number of thioether (sulfide) groups is 1. The molecule has 5 nitrogen and oxygen atoms in total. The minimum Gasteiger partial charge on any atom is -0.370 e. The van der Waals surface area contributed by atoms with Crippen molar-refractivity contribution in [3.63, 3.8) is 0 Å². The first-order valence-electron chi connectivity index (χ1n) is 4.10. The molecule has 5 N–H and O–H groups in total. The summed E-state index contributed by atoms with van der Waals surface area (Å²) < 4.78 is 0. The SMILES string of the molecule is N=C(N=C(N)N)SCc1cnc(Cl)cc1Cl. The van der Waals surface area contributed by atoms with E-state index >= 15 is 0 Å². The van der Waals surface area contributed by atoms with Crippen molar-refractivity contribution < 1.29 is 0 Å². The Balaban J connectivity index is 2.62. The van der Waals surface area contributed by atoms with Crippen molar-refractivity contribution in [1.29, 1.82) is 5.41 Å². The maximum absolute atomic E-state index is 7.41. The predicted octanol–water partition coefficient (Wildman–Crippen LogP) is 1.83. The van der Waals surface area contributed by atoms with E-state index in [-0.39, 0.29) is 11.1 Å². The summed E-state index contributed by atoms with van der Waals surface area (Å²) in [6.07, 6.45) is 1.56. The molecule has 8 heteroatoms. The first-order chi connectivity index (χ1) is 7.49. The van der Waals surface area contributed by atoms with Crippen LogP contribution >= 0.6 is 35.0 Å². The van der Waals surface area contributed by atoms with Crippen molar-refractivity contribution in [2.45, 2.75) is 5.75 Å². The Labute approximate surface area is 107 Å². The summed E-state index contributed by atoms with van der Waals surface area (Å²) in [6.45, 7) is 0. The lowest BCUT2D eigenvalue weighted by Gasteiger charge is -2.02. The van der Waals surface area contributed by atoms with E-state index in [1.165, 1.54) is 0 Å². The van der Waals surface area contributed by atoms with E-state index in [1.807, 2.05) is 0 Å². The van der Waals surface area contributed by atoms with Gasteiger partial charge in [0, 0.05) is 17.0 Å². The van der Waals surface area contributed by atoms with Gasteiger partial charge in [-0.1, -0.05) is 35.0 Å². The van der Waals surface area contributed by atoms with Gasteiger partial charge in [0.15, 0.2) is 11.1 Å². The van der Waals surface area contributed by atoms with Crippen LogP contribution in [0.1, 0.15) is 5.56 Å². The fraction of sp³-hybridized carbons (Fsp3) is 0.125. The predicted molar refractivity (Wildman–Crippen MR) is 69.1 cm³/mol. The number of rotatable bonds is 2. The highest BCUT2D eigenvalue weighted by Crippen LogP contribution is 2.23. The second-order valence-corrected chi connectivity index (χ2v) is 4.49. The zero-order chi connectivity index (χ0) is 12.1. The monoisotopic (exact) mass is 277 g/mol. The van der Waals surface area contributed by atoms with Crippen LogP contribution in [0.4, 0.5) is 0 Å². The highest BCUT2D eigenvalue weighted by Gasteiger charge is 2.04. The molecular weight excluding hydrogens is 269 g/mol. The molecule has 1 rings (SSSR count). The first-order valence-corrected chi connectivity index (χ1v) is 5.84. The van der Waals surface area contributed by atoms with Gasteiger partial charge in [0.05, 0.1) is 0 Å². The zero-order valence-electron chi connectivity index (χ0n) is 8.08. The minimum atomic E-state index is -0.141. The molecule has 0 aliphatic heterocycles. The summed E-state index contributed by atoms with van der Waals surface area (Å²) in [5.74, 6) is 0.316. The zero-order valence-corrected chi connectivity index (χ0v) is 10.4. The van der Waals surface area contributed by atoms with Crippen LogP contribution < -0.4 is 11.5 Å². The van der Waals surface area contributed by atoms with Crippen LogP contribution in [0, 0.1) is 5.41 Å². The van der Waals surface area contributed by atoms with Crippen LogP contribution in [0.2, 0.25) is 10.2 Å². The maximum Gasteiger partial charge on any atom is 0.193 e. The second-order valence-electron chi connectivity index (χ2n) is 2.73. The van der Waals surface area contributed by atoms with Gasteiger partial charge in [-0.05, 0) is 11.6 Å². The van der Waals surface area contributed by atoms with Crippen molar-refractivity contribution in [2.24, 2.45) is 16.5 Å². The Morgan fingerprint density at radius 1 is 1.50 bits per heavy atom. The van der Waals surface area contributed by atoms with Crippen LogP contribution in [0.15, 0.2) is 17.3 Å². The number of nitrogens with zero attached hydrogens (tertiary/aromatic N) is 2. The summed E-state index contributed by atoms with van der Waals surface area (Å²) in [5.41, 5.74) is 11.0. The summed E-state index contributed by atoms with van der Waals surface area (Å²) in [4.78, 5) is 7.46. The van der Waals surface area contributed by atoms with Gasteiger partial charge in [0.1, 0.15) is 5.15 Å².